The Kier molecular flexibility index (Phi) is 4.89. The van der Waals surface area contributed by atoms with Crippen molar-refractivity contribution in [3.05, 3.63) is 52.0 Å². The number of fused-ring (bicyclic) bond motifs is 2. The molecule has 0 aromatic heterocycles. The Morgan fingerprint density at radius 3 is 2.68 bits per heavy atom. The van der Waals surface area contributed by atoms with Gasteiger partial charge in [-0.05, 0) is 42.8 Å². The first kappa shape index (κ1) is 19.0. The van der Waals surface area contributed by atoms with Crippen molar-refractivity contribution in [3.8, 4) is 11.5 Å². The minimum atomic E-state index is -1.89. The lowest BCUT2D eigenvalue weighted by Gasteiger charge is -2.23. The largest absolute Gasteiger partial charge is 0.486 e. The molecule has 2 aromatic carbocycles. The lowest BCUT2D eigenvalue weighted by atomic mass is 9.88. The SMILES string of the molecule is CCCN1C(=O)C(O)(CC(=O)c2ccc3c(c2)OCCO3)c2cc(Br)ccc21. The van der Waals surface area contributed by atoms with Gasteiger partial charge in [0.15, 0.2) is 22.9 Å². The van der Waals surface area contributed by atoms with Crippen LogP contribution >= 0.6 is 15.9 Å². The van der Waals surface area contributed by atoms with Gasteiger partial charge < -0.3 is 19.5 Å². The van der Waals surface area contributed by atoms with Crippen LogP contribution in [0.25, 0.3) is 0 Å². The summed E-state index contributed by atoms with van der Waals surface area (Å²) in [6.07, 6.45) is 0.405. The zero-order valence-corrected chi connectivity index (χ0v) is 17.0. The number of hydrogen-bond donors (Lipinski definition) is 1. The minimum Gasteiger partial charge on any atom is -0.486 e. The van der Waals surface area contributed by atoms with E-state index in [0.29, 0.717) is 48.1 Å². The number of Topliss-reactive ketones (excluding diaryl/α,β-unsaturated/α-hetero) is 1. The number of anilines is 1. The molecule has 0 radical (unpaired) electrons. The second-order valence-corrected chi connectivity index (χ2v) is 7.85. The molecule has 0 spiro atoms. The van der Waals surface area contributed by atoms with Crippen molar-refractivity contribution < 1.29 is 24.2 Å². The molecular formula is C21H20BrNO5. The molecule has 2 aliphatic rings. The average Bonchev–Trinajstić information content (AvgIpc) is 2.89. The van der Waals surface area contributed by atoms with Crippen LogP contribution in [0.5, 0.6) is 11.5 Å². The maximum atomic E-state index is 13.0. The predicted molar refractivity (Wildman–Crippen MR) is 107 cm³/mol. The van der Waals surface area contributed by atoms with Crippen molar-refractivity contribution >= 4 is 33.3 Å². The Labute approximate surface area is 171 Å². The van der Waals surface area contributed by atoms with E-state index in [-0.39, 0.29) is 12.2 Å². The second kappa shape index (κ2) is 7.22. The van der Waals surface area contributed by atoms with Crippen molar-refractivity contribution in [2.24, 2.45) is 0 Å². The van der Waals surface area contributed by atoms with E-state index in [2.05, 4.69) is 15.9 Å². The van der Waals surface area contributed by atoms with Gasteiger partial charge in [0, 0.05) is 22.1 Å². The molecule has 6 nitrogen and oxygen atoms in total. The highest BCUT2D eigenvalue weighted by atomic mass is 79.9. The summed E-state index contributed by atoms with van der Waals surface area (Å²) < 4.78 is 11.7. The van der Waals surface area contributed by atoms with Crippen molar-refractivity contribution in [3.63, 3.8) is 0 Å². The molecule has 1 N–H and O–H groups in total. The third-order valence-electron chi connectivity index (χ3n) is 5.02. The fourth-order valence-corrected chi connectivity index (χ4v) is 4.05. The molecule has 2 aromatic rings. The number of carbonyl (C=O) groups is 2. The Morgan fingerprint density at radius 2 is 1.93 bits per heavy atom. The van der Waals surface area contributed by atoms with E-state index in [4.69, 9.17) is 9.47 Å². The molecule has 1 unspecified atom stereocenters. The zero-order chi connectivity index (χ0) is 19.9. The van der Waals surface area contributed by atoms with Crippen LogP contribution in [0, 0.1) is 0 Å². The van der Waals surface area contributed by atoms with E-state index in [1.54, 1.807) is 35.2 Å². The molecule has 2 aliphatic heterocycles. The van der Waals surface area contributed by atoms with Gasteiger partial charge in [-0.15, -0.1) is 0 Å². The lowest BCUT2D eigenvalue weighted by Crippen LogP contribution is -2.42. The first-order valence-electron chi connectivity index (χ1n) is 9.21. The van der Waals surface area contributed by atoms with E-state index in [1.165, 1.54) is 0 Å². The molecule has 146 valence electrons. The van der Waals surface area contributed by atoms with Gasteiger partial charge in [0.25, 0.3) is 5.91 Å². The molecule has 0 saturated carbocycles. The maximum absolute atomic E-state index is 13.0. The molecule has 28 heavy (non-hydrogen) atoms. The molecule has 4 rings (SSSR count). The number of benzene rings is 2. The Hall–Kier alpha value is -2.38. The number of carbonyl (C=O) groups excluding carboxylic acids is 2. The average molecular weight is 446 g/mol. The molecule has 0 fully saturated rings. The van der Waals surface area contributed by atoms with Gasteiger partial charge in [-0.3, -0.25) is 9.59 Å². The van der Waals surface area contributed by atoms with Gasteiger partial charge in [-0.1, -0.05) is 22.9 Å². The first-order valence-corrected chi connectivity index (χ1v) is 10.0. The minimum absolute atomic E-state index is 0.336. The summed E-state index contributed by atoms with van der Waals surface area (Å²) >= 11 is 3.39. The molecular weight excluding hydrogens is 426 g/mol. The highest BCUT2D eigenvalue weighted by Crippen LogP contribution is 2.44. The van der Waals surface area contributed by atoms with Gasteiger partial charge >= 0.3 is 0 Å². The van der Waals surface area contributed by atoms with Crippen LogP contribution in [-0.4, -0.2) is 36.6 Å². The quantitative estimate of drug-likeness (QED) is 0.713. The molecule has 1 amide bonds. The van der Waals surface area contributed by atoms with Crippen LogP contribution < -0.4 is 14.4 Å². The Balaban J connectivity index is 1.67. The van der Waals surface area contributed by atoms with Gasteiger partial charge in [0.1, 0.15) is 13.2 Å². The second-order valence-electron chi connectivity index (χ2n) is 6.94. The van der Waals surface area contributed by atoms with Crippen LogP contribution in [0.2, 0.25) is 0 Å². The fraction of sp³-hybridized carbons (Fsp3) is 0.333. The number of aliphatic hydroxyl groups is 1. The van der Waals surface area contributed by atoms with E-state index in [1.807, 2.05) is 13.0 Å². The molecule has 1 atom stereocenters. The van der Waals surface area contributed by atoms with Gasteiger partial charge in [0.05, 0.1) is 12.1 Å². The lowest BCUT2D eigenvalue weighted by molar-refractivity contribution is -0.135. The van der Waals surface area contributed by atoms with E-state index in [9.17, 15) is 14.7 Å². The highest BCUT2D eigenvalue weighted by Gasteiger charge is 2.50. The summed E-state index contributed by atoms with van der Waals surface area (Å²) in [6, 6.07) is 10.2. The number of halogens is 1. The van der Waals surface area contributed by atoms with Crippen molar-refractivity contribution in [2.45, 2.75) is 25.4 Å². The van der Waals surface area contributed by atoms with Gasteiger partial charge in [-0.2, -0.15) is 0 Å². The summed E-state index contributed by atoms with van der Waals surface area (Å²) in [6.45, 7) is 3.32. The van der Waals surface area contributed by atoms with Gasteiger partial charge in [-0.25, -0.2) is 0 Å². The number of rotatable bonds is 5. The third kappa shape index (κ3) is 3.08. The number of ketones is 1. The van der Waals surface area contributed by atoms with E-state index in [0.717, 1.165) is 10.9 Å². The monoisotopic (exact) mass is 445 g/mol. The fourth-order valence-electron chi connectivity index (χ4n) is 3.69. The van der Waals surface area contributed by atoms with Crippen LogP contribution in [0.1, 0.15) is 35.7 Å². The first-order chi connectivity index (χ1) is 13.4. The van der Waals surface area contributed by atoms with E-state index >= 15 is 0 Å². The molecule has 0 bridgehead atoms. The standard InChI is InChI=1S/C21H20BrNO5/c1-2-7-23-16-5-4-14(22)11-15(16)21(26,20(23)25)12-17(24)13-3-6-18-19(10-13)28-9-8-27-18/h3-6,10-11,26H,2,7-9,12H2,1H3. The third-order valence-corrected chi connectivity index (χ3v) is 5.51. The predicted octanol–water partition coefficient (Wildman–Crippen LogP) is 3.44. The summed E-state index contributed by atoms with van der Waals surface area (Å²) in [4.78, 5) is 27.6. The number of ether oxygens (including phenoxy) is 2. The normalized spacial score (nSPS) is 20.2. The van der Waals surface area contributed by atoms with Crippen molar-refractivity contribution in [1.82, 2.24) is 0 Å². The summed E-state index contributed by atoms with van der Waals surface area (Å²) in [5, 5.41) is 11.3. The summed E-state index contributed by atoms with van der Waals surface area (Å²) in [7, 11) is 0. The van der Waals surface area contributed by atoms with Crippen molar-refractivity contribution in [1.29, 1.82) is 0 Å². The topological polar surface area (TPSA) is 76.1 Å². The maximum Gasteiger partial charge on any atom is 0.264 e. The van der Waals surface area contributed by atoms with Crippen LogP contribution in [0.4, 0.5) is 5.69 Å². The zero-order valence-electron chi connectivity index (χ0n) is 15.4. The molecule has 0 saturated heterocycles. The summed E-state index contributed by atoms with van der Waals surface area (Å²) in [5.41, 5.74) is -0.423. The van der Waals surface area contributed by atoms with E-state index < -0.39 is 11.5 Å². The van der Waals surface area contributed by atoms with Crippen LogP contribution in [-0.2, 0) is 10.4 Å². The number of amides is 1. The molecule has 7 heteroatoms. The Morgan fingerprint density at radius 1 is 1.18 bits per heavy atom. The molecule has 2 heterocycles. The highest BCUT2D eigenvalue weighted by molar-refractivity contribution is 9.10. The van der Waals surface area contributed by atoms with Crippen LogP contribution in [0.3, 0.4) is 0 Å². The smallest absolute Gasteiger partial charge is 0.264 e. The number of hydrogen-bond acceptors (Lipinski definition) is 5. The molecule has 0 aliphatic carbocycles. The van der Waals surface area contributed by atoms with Crippen molar-refractivity contribution in [2.75, 3.05) is 24.7 Å². The summed E-state index contributed by atoms with van der Waals surface area (Å²) in [5.74, 6) is 0.282. The van der Waals surface area contributed by atoms with Crippen LogP contribution in [0.15, 0.2) is 40.9 Å². The van der Waals surface area contributed by atoms with Gasteiger partial charge in [0.2, 0.25) is 0 Å². The number of nitrogens with zero attached hydrogens (tertiary/aromatic N) is 1. The Bertz CT molecular complexity index is 960.